The Morgan fingerprint density at radius 3 is 1.64 bits per heavy atom. The van der Waals surface area contributed by atoms with Crippen molar-refractivity contribution in [1.82, 2.24) is 0 Å². The molecule has 0 saturated heterocycles. The van der Waals surface area contributed by atoms with Gasteiger partial charge in [0.1, 0.15) is 11.5 Å². The Morgan fingerprint density at radius 2 is 1.20 bits per heavy atom. The van der Waals surface area contributed by atoms with Gasteiger partial charge in [-0.3, -0.25) is 0 Å². The van der Waals surface area contributed by atoms with Crippen molar-refractivity contribution >= 4 is 21.9 Å². The van der Waals surface area contributed by atoms with E-state index in [2.05, 4.69) is 0 Å². The molecule has 0 aliphatic carbocycles. The molecule has 0 unspecified atom stereocenters. The lowest BCUT2D eigenvalue weighted by Crippen LogP contribution is -1.90. The summed E-state index contributed by atoms with van der Waals surface area (Å²) in [5.74, 6) is 3.24. The smallest absolute Gasteiger partial charge is 0.176 e. The molecule has 0 aliphatic rings. The molecule has 2 aromatic heterocycles. The highest BCUT2D eigenvalue weighted by Crippen LogP contribution is 2.32. The quantitative estimate of drug-likeness (QED) is 0.462. The first-order valence-electron chi connectivity index (χ1n) is 8.57. The fraction of sp³-hybridized carbons (Fsp3) is 0.238. The van der Waals surface area contributed by atoms with Crippen LogP contribution in [0, 0.1) is 0 Å². The predicted octanol–water partition coefficient (Wildman–Crippen LogP) is 5.57. The van der Waals surface area contributed by atoms with Crippen LogP contribution in [0.1, 0.15) is 25.4 Å². The maximum Gasteiger partial charge on any atom is 0.176 e. The Labute approximate surface area is 145 Å². The predicted molar refractivity (Wildman–Crippen MR) is 97.6 cm³/mol. The second-order valence-electron chi connectivity index (χ2n) is 5.82. The van der Waals surface area contributed by atoms with Gasteiger partial charge in [-0.05, 0) is 38.1 Å². The number of para-hydroxylation sites is 2. The molecule has 0 atom stereocenters. The molecule has 4 nitrogen and oxygen atoms in total. The van der Waals surface area contributed by atoms with E-state index in [1.807, 2.05) is 62.4 Å². The third kappa shape index (κ3) is 2.95. The topological polar surface area (TPSA) is 44.7 Å². The van der Waals surface area contributed by atoms with E-state index in [0.29, 0.717) is 19.6 Å². The minimum atomic E-state index is 0.584. The number of benzene rings is 2. The molecule has 2 aromatic carbocycles. The number of fused-ring (bicyclic) bond motifs is 2. The summed E-state index contributed by atoms with van der Waals surface area (Å²) >= 11 is 0. The van der Waals surface area contributed by atoms with E-state index in [-0.39, 0.29) is 0 Å². The number of hydrogen-bond acceptors (Lipinski definition) is 4. The lowest BCUT2D eigenvalue weighted by Gasteiger charge is -2.02. The number of ether oxygens (including phenoxy) is 2. The maximum atomic E-state index is 6.01. The van der Waals surface area contributed by atoms with Gasteiger partial charge in [0, 0.05) is 10.8 Å². The Morgan fingerprint density at radius 1 is 0.720 bits per heavy atom. The largest absolute Gasteiger partial charge is 0.490 e. The molecular formula is C21H20O4. The van der Waals surface area contributed by atoms with E-state index in [0.717, 1.165) is 45.0 Å². The van der Waals surface area contributed by atoms with Crippen molar-refractivity contribution in [2.75, 3.05) is 13.2 Å². The van der Waals surface area contributed by atoms with Crippen molar-refractivity contribution in [1.29, 1.82) is 0 Å². The van der Waals surface area contributed by atoms with E-state index in [4.69, 9.17) is 18.3 Å². The van der Waals surface area contributed by atoms with Crippen LogP contribution in [0.4, 0.5) is 0 Å². The van der Waals surface area contributed by atoms with Crippen molar-refractivity contribution in [2.24, 2.45) is 0 Å². The summed E-state index contributed by atoms with van der Waals surface area (Å²) in [5.41, 5.74) is 1.57. The summed E-state index contributed by atoms with van der Waals surface area (Å²) in [5, 5.41) is 2.07. The van der Waals surface area contributed by atoms with Crippen LogP contribution >= 0.6 is 0 Å². The first kappa shape index (κ1) is 15.6. The number of hydrogen-bond donors (Lipinski definition) is 0. The molecule has 0 bridgehead atoms. The van der Waals surface area contributed by atoms with Crippen LogP contribution in [0.5, 0.6) is 11.5 Å². The highest BCUT2D eigenvalue weighted by atomic mass is 16.5. The van der Waals surface area contributed by atoms with Crippen LogP contribution in [0.25, 0.3) is 21.9 Å². The average molecular weight is 336 g/mol. The molecule has 0 radical (unpaired) electrons. The molecule has 25 heavy (non-hydrogen) atoms. The molecule has 0 spiro atoms. The average Bonchev–Trinajstić information content (AvgIpc) is 3.20. The lowest BCUT2D eigenvalue weighted by atomic mass is 10.2. The summed E-state index contributed by atoms with van der Waals surface area (Å²) in [6, 6.07) is 15.9. The van der Waals surface area contributed by atoms with E-state index in [1.165, 1.54) is 0 Å². The SMILES string of the molecule is CCOc1cccc2cc(Cc3cc4cccc(OCC)c4o3)oc12. The second-order valence-corrected chi connectivity index (χ2v) is 5.82. The molecule has 0 N–H and O–H groups in total. The van der Waals surface area contributed by atoms with Gasteiger partial charge in [-0.2, -0.15) is 0 Å². The van der Waals surface area contributed by atoms with Gasteiger partial charge in [-0.25, -0.2) is 0 Å². The molecule has 0 aliphatic heterocycles. The van der Waals surface area contributed by atoms with Crippen LogP contribution in [-0.4, -0.2) is 13.2 Å². The first-order chi connectivity index (χ1) is 12.3. The Hall–Kier alpha value is -2.88. The fourth-order valence-corrected chi connectivity index (χ4v) is 3.06. The minimum Gasteiger partial charge on any atom is -0.490 e. The fourth-order valence-electron chi connectivity index (χ4n) is 3.06. The molecule has 0 saturated carbocycles. The standard InChI is InChI=1S/C21H20O4/c1-3-22-18-9-5-7-14-11-16(24-20(14)18)13-17-12-15-8-6-10-19(23-4-2)21(15)25-17/h5-12H,3-4,13H2,1-2H3. The van der Waals surface area contributed by atoms with Crippen molar-refractivity contribution in [3.05, 3.63) is 60.1 Å². The third-order valence-electron chi connectivity index (χ3n) is 4.07. The van der Waals surface area contributed by atoms with Gasteiger partial charge >= 0.3 is 0 Å². The highest BCUT2D eigenvalue weighted by Gasteiger charge is 2.13. The molecular weight excluding hydrogens is 316 g/mol. The van der Waals surface area contributed by atoms with Crippen molar-refractivity contribution in [3.8, 4) is 11.5 Å². The van der Waals surface area contributed by atoms with Crippen LogP contribution in [-0.2, 0) is 6.42 Å². The third-order valence-corrected chi connectivity index (χ3v) is 4.07. The summed E-state index contributed by atoms with van der Waals surface area (Å²) in [6.45, 7) is 5.15. The highest BCUT2D eigenvalue weighted by molar-refractivity contribution is 5.85. The zero-order valence-corrected chi connectivity index (χ0v) is 14.4. The van der Waals surface area contributed by atoms with Gasteiger partial charge in [0.05, 0.1) is 19.6 Å². The summed E-state index contributed by atoms with van der Waals surface area (Å²) < 4.78 is 23.3. The van der Waals surface area contributed by atoms with Gasteiger partial charge in [-0.1, -0.05) is 24.3 Å². The van der Waals surface area contributed by atoms with Crippen LogP contribution in [0.15, 0.2) is 57.4 Å². The van der Waals surface area contributed by atoms with Crippen molar-refractivity contribution in [2.45, 2.75) is 20.3 Å². The summed E-state index contributed by atoms with van der Waals surface area (Å²) in [4.78, 5) is 0. The number of rotatable bonds is 6. The van der Waals surface area contributed by atoms with Gasteiger partial charge in [0.25, 0.3) is 0 Å². The second kappa shape index (κ2) is 6.55. The molecule has 128 valence electrons. The molecule has 2 heterocycles. The van der Waals surface area contributed by atoms with Crippen LogP contribution < -0.4 is 9.47 Å². The molecule has 0 fully saturated rings. The monoisotopic (exact) mass is 336 g/mol. The van der Waals surface area contributed by atoms with Crippen molar-refractivity contribution < 1.29 is 18.3 Å². The molecule has 4 heteroatoms. The normalized spacial score (nSPS) is 11.3. The van der Waals surface area contributed by atoms with E-state index in [1.54, 1.807) is 0 Å². The van der Waals surface area contributed by atoms with Gasteiger partial charge < -0.3 is 18.3 Å². The zero-order chi connectivity index (χ0) is 17.2. The first-order valence-corrected chi connectivity index (χ1v) is 8.57. The zero-order valence-electron chi connectivity index (χ0n) is 14.4. The Bertz CT molecular complexity index is 927. The number of furan rings is 2. The summed E-state index contributed by atoms with van der Waals surface area (Å²) in [7, 11) is 0. The molecule has 4 aromatic rings. The lowest BCUT2D eigenvalue weighted by molar-refractivity contribution is 0.336. The van der Waals surface area contributed by atoms with Gasteiger partial charge in [0.2, 0.25) is 0 Å². The Balaban J connectivity index is 1.68. The summed E-state index contributed by atoms with van der Waals surface area (Å²) in [6.07, 6.45) is 0.584. The van der Waals surface area contributed by atoms with E-state index >= 15 is 0 Å². The van der Waals surface area contributed by atoms with Gasteiger partial charge in [-0.15, -0.1) is 0 Å². The molecule has 4 rings (SSSR count). The van der Waals surface area contributed by atoms with Gasteiger partial charge in [0.15, 0.2) is 22.7 Å². The van der Waals surface area contributed by atoms with E-state index in [9.17, 15) is 0 Å². The van der Waals surface area contributed by atoms with Crippen LogP contribution in [0.3, 0.4) is 0 Å². The van der Waals surface area contributed by atoms with Crippen LogP contribution in [0.2, 0.25) is 0 Å². The van der Waals surface area contributed by atoms with Crippen molar-refractivity contribution in [3.63, 3.8) is 0 Å². The maximum absolute atomic E-state index is 6.01. The molecule has 0 amide bonds. The minimum absolute atomic E-state index is 0.584. The van der Waals surface area contributed by atoms with E-state index < -0.39 is 0 Å². The Kier molecular flexibility index (Phi) is 4.10.